The number of H-pyrrole nitrogens is 1. The maximum atomic E-state index is 14.1. The molecule has 0 spiro atoms. The molecular weight excluding hydrogens is 451 g/mol. The molecular formula is C20H21ClFN8OSi. The van der Waals surface area contributed by atoms with Gasteiger partial charge in [0, 0.05) is 37.7 Å². The summed E-state index contributed by atoms with van der Waals surface area (Å²) in [5.41, 5.74) is 2.08. The van der Waals surface area contributed by atoms with Gasteiger partial charge in [-0.25, -0.2) is 9.37 Å². The van der Waals surface area contributed by atoms with Gasteiger partial charge in [-0.3, -0.25) is 10.00 Å². The molecule has 4 heterocycles. The minimum Gasteiger partial charge on any atom is -0.379 e. The molecule has 2 aromatic heterocycles. The number of anilines is 2. The van der Waals surface area contributed by atoms with Crippen molar-refractivity contribution in [1.29, 1.82) is 0 Å². The van der Waals surface area contributed by atoms with Gasteiger partial charge in [-0.1, -0.05) is 11.6 Å². The second kappa shape index (κ2) is 9.10. The van der Waals surface area contributed by atoms with Crippen LogP contribution in [0.3, 0.4) is 0 Å². The predicted molar refractivity (Wildman–Crippen MR) is 120 cm³/mol. The van der Waals surface area contributed by atoms with Gasteiger partial charge in [0.15, 0.2) is 5.82 Å². The molecule has 1 fully saturated rings. The minimum absolute atomic E-state index is 0.349. The van der Waals surface area contributed by atoms with Crippen molar-refractivity contribution in [3.63, 3.8) is 0 Å². The van der Waals surface area contributed by atoms with E-state index in [-0.39, 0.29) is 5.82 Å². The largest absolute Gasteiger partial charge is 0.379 e. The van der Waals surface area contributed by atoms with Crippen molar-refractivity contribution in [3.8, 4) is 11.5 Å². The van der Waals surface area contributed by atoms with E-state index in [0.717, 1.165) is 37.8 Å². The van der Waals surface area contributed by atoms with E-state index in [0.29, 0.717) is 59.3 Å². The number of aromatic amines is 1. The van der Waals surface area contributed by atoms with Gasteiger partial charge in [0.1, 0.15) is 17.3 Å². The van der Waals surface area contributed by atoms with E-state index in [1.807, 2.05) is 6.07 Å². The smallest absolute Gasteiger partial charge is 0.201 e. The highest BCUT2D eigenvalue weighted by atomic mass is 35.5. The SMILES string of the molecule is Fc1ccc(Cl)c(CN2CCNc3nnc(-c4n[nH]c(CN5CCOCC5)n4)cc32)c1[Si]. The number of nitrogens with zero attached hydrogens (tertiary/aromatic N) is 6. The average molecular weight is 472 g/mol. The molecule has 12 heteroatoms. The van der Waals surface area contributed by atoms with Crippen molar-refractivity contribution in [1.82, 2.24) is 30.3 Å². The first-order chi connectivity index (χ1) is 15.6. The van der Waals surface area contributed by atoms with E-state index in [1.165, 1.54) is 6.07 Å². The first kappa shape index (κ1) is 21.3. The Morgan fingerprint density at radius 3 is 2.84 bits per heavy atom. The third-order valence-corrected chi connectivity index (χ3v) is 6.48. The topological polar surface area (TPSA) is 95.1 Å². The van der Waals surface area contributed by atoms with Crippen LogP contribution < -0.4 is 15.4 Å². The third-order valence-electron chi connectivity index (χ3n) is 5.58. The first-order valence-corrected chi connectivity index (χ1v) is 11.2. The maximum absolute atomic E-state index is 14.1. The quantitative estimate of drug-likeness (QED) is 0.534. The van der Waals surface area contributed by atoms with E-state index >= 15 is 0 Å². The van der Waals surface area contributed by atoms with Gasteiger partial charge >= 0.3 is 0 Å². The molecule has 0 bridgehead atoms. The lowest BCUT2D eigenvalue weighted by atomic mass is 10.1. The zero-order valence-corrected chi connectivity index (χ0v) is 19.0. The number of morpholine rings is 1. The Labute approximate surface area is 192 Å². The van der Waals surface area contributed by atoms with Crippen LogP contribution in [0, 0.1) is 5.82 Å². The van der Waals surface area contributed by atoms with Crippen molar-refractivity contribution in [3.05, 3.63) is 40.4 Å². The highest BCUT2D eigenvalue weighted by Crippen LogP contribution is 2.31. The van der Waals surface area contributed by atoms with Gasteiger partial charge in [0.2, 0.25) is 5.82 Å². The van der Waals surface area contributed by atoms with Gasteiger partial charge in [-0.2, -0.15) is 5.10 Å². The van der Waals surface area contributed by atoms with Crippen molar-refractivity contribution in [2.24, 2.45) is 0 Å². The Balaban J connectivity index is 1.39. The van der Waals surface area contributed by atoms with E-state index < -0.39 is 0 Å². The normalized spacial score (nSPS) is 16.7. The summed E-state index contributed by atoms with van der Waals surface area (Å²) < 4.78 is 19.5. The van der Waals surface area contributed by atoms with Crippen LogP contribution in [0.5, 0.6) is 0 Å². The van der Waals surface area contributed by atoms with Crippen LogP contribution >= 0.6 is 11.6 Å². The molecule has 32 heavy (non-hydrogen) atoms. The molecule has 1 aromatic carbocycles. The number of hydrogen-bond acceptors (Lipinski definition) is 8. The molecule has 2 N–H and O–H groups in total. The zero-order valence-electron chi connectivity index (χ0n) is 17.2. The molecule has 3 aromatic rings. The van der Waals surface area contributed by atoms with Crippen LogP contribution in [-0.4, -0.2) is 79.9 Å². The van der Waals surface area contributed by atoms with Crippen molar-refractivity contribution in [2.45, 2.75) is 13.1 Å². The van der Waals surface area contributed by atoms with E-state index in [9.17, 15) is 4.39 Å². The summed E-state index contributed by atoms with van der Waals surface area (Å²) in [4.78, 5) is 8.96. The summed E-state index contributed by atoms with van der Waals surface area (Å²) >= 11 is 6.35. The van der Waals surface area contributed by atoms with E-state index in [2.05, 4.69) is 50.7 Å². The van der Waals surface area contributed by atoms with Gasteiger partial charge in [-0.05, 0) is 28.9 Å². The number of aromatic nitrogens is 5. The highest BCUT2D eigenvalue weighted by molar-refractivity contribution is 6.38. The molecule has 0 unspecified atom stereocenters. The molecule has 0 amide bonds. The first-order valence-electron chi connectivity index (χ1n) is 10.4. The van der Waals surface area contributed by atoms with Crippen LogP contribution in [-0.2, 0) is 17.8 Å². The number of benzene rings is 1. The molecule has 2 aliphatic rings. The summed E-state index contributed by atoms with van der Waals surface area (Å²) in [6.45, 7) is 5.68. The fraction of sp³-hybridized carbons (Fsp3) is 0.400. The lowest BCUT2D eigenvalue weighted by Crippen LogP contribution is -2.36. The molecule has 1 saturated heterocycles. The molecule has 0 saturated carbocycles. The Kier molecular flexibility index (Phi) is 6.04. The monoisotopic (exact) mass is 471 g/mol. The summed E-state index contributed by atoms with van der Waals surface area (Å²) in [7, 11) is 3.39. The number of hydrogen-bond donors (Lipinski definition) is 2. The number of halogens is 2. The molecule has 9 nitrogen and oxygen atoms in total. The van der Waals surface area contributed by atoms with Crippen LogP contribution in [0.2, 0.25) is 5.02 Å². The van der Waals surface area contributed by atoms with Crippen molar-refractivity contribution >= 4 is 38.5 Å². The van der Waals surface area contributed by atoms with Gasteiger partial charge < -0.3 is 15.0 Å². The standard InChI is InChI=1S/C20H21ClFN8OSi/c21-13-1-2-14(22)18(32)12(13)10-30-4-3-23-20-16(30)9-15(25-28-20)19-24-17(26-27-19)11-29-5-7-31-8-6-29/h1-2,9H,3-8,10-11H2,(H,23,28)(H,24,26,27). The van der Waals surface area contributed by atoms with Gasteiger partial charge in [0.05, 0.1) is 35.7 Å². The lowest BCUT2D eigenvalue weighted by Gasteiger charge is -2.31. The minimum atomic E-state index is -0.349. The average Bonchev–Trinajstić information content (AvgIpc) is 3.28. The second-order valence-electron chi connectivity index (χ2n) is 7.69. The number of ether oxygens (including phenoxy) is 1. The zero-order chi connectivity index (χ0) is 22.1. The molecule has 3 radical (unpaired) electrons. The molecule has 0 atom stereocenters. The van der Waals surface area contributed by atoms with E-state index in [1.54, 1.807) is 6.07 Å². The third kappa shape index (κ3) is 4.33. The Hall–Kier alpha value is -2.60. The summed E-state index contributed by atoms with van der Waals surface area (Å²) in [5, 5.41) is 20.1. The van der Waals surface area contributed by atoms with Crippen LogP contribution in [0.1, 0.15) is 11.4 Å². The Morgan fingerprint density at radius 2 is 2.00 bits per heavy atom. The molecule has 2 aliphatic heterocycles. The summed E-state index contributed by atoms with van der Waals surface area (Å²) in [6, 6.07) is 4.82. The van der Waals surface area contributed by atoms with Crippen LogP contribution in [0.4, 0.5) is 15.9 Å². The Morgan fingerprint density at radius 1 is 1.16 bits per heavy atom. The molecule has 165 valence electrons. The highest BCUT2D eigenvalue weighted by Gasteiger charge is 2.23. The number of fused-ring (bicyclic) bond motifs is 1. The summed E-state index contributed by atoms with van der Waals surface area (Å²) in [6.07, 6.45) is 0. The van der Waals surface area contributed by atoms with Crippen molar-refractivity contribution in [2.75, 3.05) is 49.6 Å². The fourth-order valence-electron chi connectivity index (χ4n) is 3.84. The number of rotatable bonds is 5. The van der Waals surface area contributed by atoms with E-state index in [4.69, 9.17) is 16.3 Å². The summed E-state index contributed by atoms with van der Waals surface area (Å²) in [5.74, 6) is 1.57. The second-order valence-corrected chi connectivity index (χ2v) is 8.60. The predicted octanol–water partition coefficient (Wildman–Crippen LogP) is 1.11. The molecule has 0 aliphatic carbocycles. The maximum Gasteiger partial charge on any atom is 0.201 e. The van der Waals surface area contributed by atoms with Gasteiger partial charge in [0.25, 0.3) is 0 Å². The van der Waals surface area contributed by atoms with Crippen molar-refractivity contribution < 1.29 is 9.13 Å². The van der Waals surface area contributed by atoms with Gasteiger partial charge in [-0.15, -0.1) is 10.2 Å². The molecule has 5 rings (SSSR count). The lowest BCUT2D eigenvalue weighted by molar-refractivity contribution is 0.0331. The van der Waals surface area contributed by atoms with Crippen LogP contribution in [0.15, 0.2) is 18.2 Å². The fourth-order valence-corrected chi connectivity index (χ4v) is 4.44. The number of nitrogens with one attached hydrogen (secondary N) is 2. The van der Waals surface area contributed by atoms with Crippen LogP contribution in [0.25, 0.3) is 11.5 Å². The Bertz CT molecular complexity index is 1120.